The van der Waals surface area contributed by atoms with Crippen LogP contribution in [0.4, 0.5) is 11.4 Å². The Kier molecular flexibility index (Phi) is 8.21. The number of rotatable bonds is 9. The topological polar surface area (TPSA) is 87.7 Å². The van der Waals surface area contributed by atoms with Gasteiger partial charge in [-0.1, -0.05) is 24.3 Å². The molecule has 0 bridgehead atoms. The highest BCUT2D eigenvalue weighted by Crippen LogP contribution is 2.18. The highest BCUT2D eigenvalue weighted by atomic mass is 16.5. The number of benzene rings is 2. The Morgan fingerprint density at radius 3 is 2.28 bits per heavy atom. The molecule has 0 fully saturated rings. The molecule has 0 aliphatic heterocycles. The molecule has 0 aromatic heterocycles. The molecule has 7 nitrogen and oxygen atoms in total. The number of amides is 3. The second-order valence-corrected chi connectivity index (χ2v) is 6.63. The van der Waals surface area contributed by atoms with Crippen LogP contribution in [-0.4, -0.2) is 42.8 Å². The molecule has 2 aromatic carbocycles. The average Bonchev–Trinajstić information content (AvgIpc) is 2.67. The molecule has 7 heteroatoms. The van der Waals surface area contributed by atoms with E-state index in [1.165, 1.54) is 13.8 Å². The van der Waals surface area contributed by atoms with Crippen LogP contribution in [0, 0.1) is 0 Å². The predicted octanol–water partition coefficient (Wildman–Crippen LogP) is 3.07. The summed E-state index contributed by atoms with van der Waals surface area (Å²) in [4.78, 5) is 37.1. The Bertz CT molecular complexity index is 867. The van der Waals surface area contributed by atoms with Gasteiger partial charge < -0.3 is 20.3 Å². The zero-order valence-corrected chi connectivity index (χ0v) is 17.0. The van der Waals surface area contributed by atoms with E-state index < -0.39 is 0 Å². The Hall–Kier alpha value is -3.35. The molecule has 0 aliphatic rings. The number of para-hydroxylation sites is 1. The first-order valence-corrected chi connectivity index (χ1v) is 9.44. The van der Waals surface area contributed by atoms with Crippen LogP contribution in [0.3, 0.4) is 0 Å². The lowest BCUT2D eigenvalue weighted by molar-refractivity contribution is -0.129. The van der Waals surface area contributed by atoms with Gasteiger partial charge in [-0.2, -0.15) is 0 Å². The maximum atomic E-state index is 12.3. The summed E-state index contributed by atoms with van der Waals surface area (Å²) in [5.41, 5.74) is 2.21. The number of hydrogen-bond donors (Lipinski definition) is 2. The van der Waals surface area contributed by atoms with Crippen LogP contribution in [0.25, 0.3) is 0 Å². The van der Waals surface area contributed by atoms with E-state index >= 15 is 0 Å². The summed E-state index contributed by atoms with van der Waals surface area (Å²) < 4.78 is 5.34. The van der Waals surface area contributed by atoms with Gasteiger partial charge in [0.05, 0.1) is 7.11 Å². The molecule has 154 valence electrons. The summed E-state index contributed by atoms with van der Waals surface area (Å²) in [5, 5.41) is 5.47. The third-order valence-electron chi connectivity index (χ3n) is 4.36. The van der Waals surface area contributed by atoms with Crippen LogP contribution >= 0.6 is 0 Å². The summed E-state index contributed by atoms with van der Waals surface area (Å²) in [5.74, 6) is 0.322. The van der Waals surface area contributed by atoms with E-state index in [0.29, 0.717) is 30.9 Å². The minimum absolute atomic E-state index is 0.0830. The third kappa shape index (κ3) is 7.29. The molecule has 2 rings (SSSR count). The number of methoxy groups -OCH3 is 1. The monoisotopic (exact) mass is 397 g/mol. The van der Waals surface area contributed by atoms with Crippen LogP contribution in [0.5, 0.6) is 5.75 Å². The molecule has 2 N–H and O–H groups in total. The lowest BCUT2D eigenvalue weighted by Crippen LogP contribution is -2.33. The van der Waals surface area contributed by atoms with Crippen LogP contribution < -0.4 is 15.4 Å². The molecular weight excluding hydrogens is 370 g/mol. The number of nitrogens with zero attached hydrogens (tertiary/aromatic N) is 1. The normalized spacial score (nSPS) is 10.2. The Balaban J connectivity index is 1.89. The molecule has 0 aliphatic carbocycles. The maximum absolute atomic E-state index is 12.3. The van der Waals surface area contributed by atoms with Crippen molar-refractivity contribution in [3.8, 4) is 5.75 Å². The second-order valence-electron chi connectivity index (χ2n) is 6.63. The van der Waals surface area contributed by atoms with Crippen molar-refractivity contribution in [1.82, 2.24) is 4.90 Å². The fourth-order valence-corrected chi connectivity index (χ4v) is 2.93. The van der Waals surface area contributed by atoms with E-state index in [4.69, 9.17) is 4.74 Å². The summed E-state index contributed by atoms with van der Waals surface area (Å²) in [7, 11) is 1.62. The van der Waals surface area contributed by atoms with Crippen LogP contribution in [-0.2, 0) is 20.8 Å². The standard InChI is InChI=1S/C22H27N3O4/c1-16(26)23-19-8-6-9-20(15-19)24-22(28)12-14-25(17(2)27)13-11-18-7-4-5-10-21(18)29-3/h4-10,15H,11-14H2,1-3H3,(H,23,26)(H,24,28). The van der Waals surface area contributed by atoms with Gasteiger partial charge in [-0.3, -0.25) is 14.4 Å². The first kappa shape index (κ1) is 21.9. The smallest absolute Gasteiger partial charge is 0.226 e. The molecule has 2 aromatic rings. The third-order valence-corrected chi connectivity index (χ3v) is 4.36. The summed E-state index contributed by atoms with van der Waals surface area (Å²) in [6.07, 6.45) is 0.819. The SMILES string of the molecule is COc1ccccc1CCN(CCC(=O)Nc1cccc(NC(C)=O)c1)C(C)=O. The van der Waals surface area contributed by atoms with Gasteiger partial charge in [0.25, 0.3) is 0 Å². The minimum atomic E-state index is -0.200. The van der Waals surface area contributed by atoms with Crippen LogP contribution in [0.2, 0.25) is 0 Å². The summed E-state index contributed by atoms with van der Waals surface area (Å²) >= 11 is 0. The predicted molar refractivity (Wildman–Crippen MR) is 113 cm³/mol. The maximum Gasteiger partial charge on any atom is 0.226 e. The highest BCUT2D eigenvalue weighted by Gasteiger charge is 2.13. The van der Waals surface area contributed by atoms with Gasteiger partial charge in [-0.25, -0.2) is 0 Å². The largest absolute Gasteiger partial charge is 0.496 e. The molecule has 0 heterocycles. The fourth-order valence-electron chi connectivity index (χ4n) is 2.93. The number of anilines is 2. The molecular formula is C22H27N3O4. The van der Waals surface area contributed by atoms with Crippen molar-refractivity contribution < 1.29 is 19.1 Å². The van der Waals surface area contributed by atoms with E-state index in [1.54, 1.807) is 36.3 Å². The van der Waals surface area contributed by atoms with Gasteiger partial charge in [-0.05, 0) is 36.2 Å². The van der Waals surface area contributed by atoms with Crippen molar-refractivity contribution in [3.63, 3.8) is 0 Å². The number of ether oxygens (including phenoxy) is 1. The lowest BCUT2D eigenvalue weighted by Gasteiger charge is -2.21. The molecule has 0 spiro atoms. The first-order valence-electron chi connectivity index (χ1n) is 9.44. The van der Waals surface area contributed by atoms with E-state index in [0.717, 1.165) is 11.3 Å². The highest BCUT2D eigenvalue weighted by molar-refractivity contribution is 5.93. The zero-order valence-electron chi connectivity index (χ0n) is 17.0. The van der Waals surface area contributed by atoms with E-state index in [1.807, 2.05) is 24.3 Å². The zero-order chi connectivity index (χ0) is 21.2. The first-order chi connectivity index (χ1) is 13.9. The van der Waals surface area contributed by atoms with Gasteiger partial charge in [-0.15, -0.1) is 0 Å². The molecule has 0 unspecified atom stereocenters. The summed E-state index contributed by atoms with van der Waals surface area (Å²) in [6, 6.07) is 14.6. The number of nitrogens with one attached hydrogen (secondary N) is 2. The van der Waals surface area contributed by atoms with Crippen LogP contribution in [0.15, 0.2) is 48.5 Å². The molecule has 3 amide bonds. The number of hydrogen-bond acceptors (Lipinski definition) is 4. The van der Waals surface area contributed by atoms with Crippen molar-refractivity contribution in [3.05, 3.63) is 54.1 Å². The Morgan fingerprint density at radius 2 is 1.62 bits per heavy atom. The van der Waals surface area contributed by atoms with Crippen molar-refractivity contribution in [2.24, 2.45) is 0 Å². The Labute approximate surface area is 171 Å². The quantitative estimate of drug-likeness (QED) is 0.681. The van der Waals surface area contributed by atoms with Crippen LogP contribution in [0.1, 0.15) is 25.8 Å². The van der Waals surface area contributed by atoms with Crippen molar-refractivity contribution in [1.29, 1.82) is 0 Å². The molecule has 0 saturated carbocycles. The lowest BCUT2D eigenvalue weighted by atomic mass is 10.1. The van der Waals surface area contributed by atoms with Gasteiger partial charge in [0, 0.05) is 44.7 Å². The van der Waals surface area contributed by atoms with Gasteiger partial charge in [0.15, 0.2) is 0 Å². The van der Waals surface area contributed by atoms with E-state index in [-0.39, 0.29) is 24.1 Å². The molecule has 0 saturated heterocycles. The summed E-state index contributed by atoms with van der Waals surface area (Å²) in [6.45, 7) is 3.74. The second kappa shape index (κ2) is 10.8. The molecule has 29 heavy (non-hydrogen) atoms. The van der Waals surface area contributed by atoms with E-state index in [2.05, 4.69) is 10.6 Å². The fraction of sp³-hybridized carbons (Fsp3) is 0.318. The Morgan fingerprint density at radius 1 is 0.931 bits per heavy atom. The molecule has 0 radical (unpaired) electrons. The molecule has 0 atom stereocenters. The minimum Gasteiger partial charge on any atom is -0.496 e. The van der Waals surface area contributed by atoms with Gasteiger partial charge in [0.1, 0.15) is 5.75 Å². The average molecular weight is 397 g/mol. The van der Waals surface area contributed by atoms with Crippen molar-refractivity contribution >= 4 is 29.1 Å². The van der Waals surface area contributed by atoms with Gasteiger partial charge >= 0.3 is 0 Å². The van der Waals surface area contributed by atoms with Crippen molar-refractivity contribution in [2.75, 3.05) is 30.8 Å². The van der Waals surface area contributed by atoms with E-state index in [9.17, 15) is 14.4 Å². The van der Waals surface area contributed by atoms with Crippen molar-refractivity contribution in [2.45, 2.75) is 26.7 Å². The number of carbonyl (C=O) groups is 3. The van der Waals surface area contributed by atoms with Gasteiger partial charge in [0.2, 0.25) is 17.7 Å². The number of carbonyl (C=O) groups excluding carboxylic acids is 3.